The van der Waals surface area contributed by atoms with Crippen LogP contribution in [0.25, 0.3) is 0 Å². The zero-order valence-corrected chi connectivity index (χ0v) is 10.8. The fraction of sp³-hybridized carbons (Fsp3) is 0.143. The highest BCUT2D eigenvalue weighted by Gasteiger charge is 2.10. The van der Waals surface area contributed by atoms with E-state index < -0.39 is 4.92 Å². The Morgan fingerprint density at radius 2 is 1.85 bits per heavy atom. The molecular weight excluding hydrogens is 262 g/mol. The Morgan fingerprint density at radius 1 is 1.15 bits per heavy atom. The van der Waals surface area contributed by atoms with E-state index in [0.717, 1.165) is 0 Å². The van der Waals surface area contributed by atoms with Crippen molar-refractivity contribution in [3.63, 3.8) is 0 Å². The van der Waals surface area contributed by atoms with E-state index in [1.54, 1.807) is 18.2 Å². The molecule has 0 aliphatic carbocycles. The number of rotatable bonds is 5. The second-order valence-corrected chi connectivity index (χ2v) is 4.08. The number of non-ortho nitro benzene ring substituents is 1. The van der Waals surface area contributed by atoms with Crippen LogP contribution in [0.15, 0.2) is 42.5 Å². The number of phenolic OH excluding ortho intramolecular Hbond substituents is 1. The minimum atomic E-state index is -0.480. The van der Waals surface area contributed by atoms with Crippen molar-refractivity contribution in [3.05, 3.63) is 58.1 Å². The number of hydrogen-bond acceptors (Lipinski definition) is 5. The SMILES string of the molecule is COc1cc(COc2ccc(O)cc2)cc([N+](=O)[O-])c1. The van der Waals surface area contributed by atoms with E-state index in [0.29, 0.717) is 17.1 Å². The fourth-order valence-electron chi connectivity index (χ4n) is 1.66. The molecule has 0 fully saturated rings. The minimum Gasteiger partial charge on any atom is -0.508 e. The first kappa shape index (κ1) is 13.7. The lowest BCUT2D eigenvalue weighted by molar-refractivity contribution is -0.385. The minimum absolute atomic E-state index is 0.0475. The van der Waals surface area contributed by atoms with Gasteiger partial charge in [0.05, 0.1) is 18.1 Å². The second-order valence-electron chi connectivity index (χ2n) is 4.08. The largest absolute Gasteiger partial charge is 0.508 e. The van der Waals surface area contributed by atoms with Gasteiger partial charge in [-0.05, 0) is 35.9 Å². The van der Waals surface area contributed by atoms with Gasteiger partial charge in [-0.3, -0.25) is 10.1 Å². The van der Waals surface area contributed by atoms with E-state index >= 15 is 0 Å². The molecule has 0 aromatic heterocycles. The third kappa shape index (κ3) is 3.38. The van der Waals surface area contributed by atoms with Gasteiger partial charge in [-0.2, -0.15) is 0 Å². The average molecular weight is 275 g/mol. The van der Waals surface area contributed by atoms with Crippen LogP contribution in [0, 0.1) is 10.1 Å². The van der Waals surface area contributed by atoms with Crippen LogP contribution >= 0.6 is 0 Å². The summed E-state index contributed by atoms with van der Waals surface area (Å²) >= 11 is 0. The molecule has 0 radical (unpaired) electrons. The number of ether oxygens (including phenoxy) is 2. The third-order valence-corrected chi connectivity index (χ3v) is 2.64. The summed E-state index contributed by atoms with van der Waals surface area (Å²) < 4.78 is 10.5. The zero-order valence-electron chi connectivity index (χ0n) is 10.8. The van der Waals surface area contributed by atoms with Crippen molar-refractivity contribution in [1.29, 1.82) is 0 Å². The quantitative estimate of drug-likeness (QED) is 0.670. The van der Waals surface area contributed by atoms with Crippen LogP contribution in [0.3, 0.4) is 0 Å². The number of nitro groups is 1. The predicted molar refractivity (Wildman–Crippen MR) is 72.1 cm³/mol. The molecule has 0 aliphatic rings. The Balaban J connectivity index is 2.14. The normalized spacial score (nSPS) is 10.1. The van der Waals surface area contributed by atoms with Crippen LogP contribution in [-0.4, -0.2) is 17.1 Å². The van der Waals surface area contributed by atoms with Crippen molar-refractivity contribution in [2.24, 2.45) is 0 Å². The molecule has 1 N–H and O–H groups in total. The summed E-state index contributed by atoms with van der Waals surface area (Å²) in [4.78, 5) is 10.3. The molecule has 20 heavy (non-hydrogen) atoms. The van der Waals surface area contributed by atoms with Gasteiger partial charge in [-0.1, -0.05) is 0 Å². The number of benzene rings is 2. The van der Waals surface area contributed by atoms with Gasteiger partial charge in [0.15, 0.2) is 0 Å². The highest BCUT2D eigenvalue weighted by Crippen LogP contribution is 2.24. The molecule has 2 aromatic carbocycles. The molecule has 2 aromatic rings. The van der Waals surface area contributed by atoms with Crippen LogP contribution in [0.1, 0.15) is 5.56 Å². The van der Waals surface area contributed by atoms with Crippen molar-refractivity contribution in [1.82, 2.24) is 0 Å². The monoisotopic (exact) mass is 275 g/mol. The lowest BCUT2D eigenvalue weighted by Gasteiger charge is -2.08. The average Bonchev–Trinajstić information content (AvgIpc) is 2.46. The van der Waals surface area contributed by atoms with Crippen LogP contribution in [-0.2, 0) is 6.61 Å². The molecule has 0 amide bonds. The number of aromatic hydroxyl groups is 1. The van der Waals surface area contributed by atoms with Gasteiger partial charge in [0.2, 0.25) is 0 Å². The maximum atomic E-state index is 10.8. The Kier molecular flexibility index (Phi) is 4.05. The van der Waals surface area contributed by atoms with Crippen LogP contribution < -0.4 is 9.47 Å². The molecule has 0 aliphatic heterocycles. The van der Waals surface area contributed by atoms with Gasteiger partial charge in [0.1, 0.15) is 23.9 Å². The lowest BCUT2D eigenvalue weighted by Crippen LogP contribution is -1.98. The standard InChI is InChI=1S/C14H13NO5/c1-19-14-7-10(6-11(8-14)15(17)18)9-20-13-4-2-12(16)3-5-13/h2-8,16H,9H2,1H3. The zero-order chi connectivity index (χ0) is 14.5. The lowest BCUT2D eigenvalue weighted by atomic mass is 10.2. The van der Waals surface area contributed by atoms with E-state index in [-0.39, 0.29) is 18.0 Å². The number of hydrogen-bond donors (Lipinski definition) is 1. The molecule has 2 rings (SSSR count). The van der Waals surface area contributed by atoms with E-state index in [1.807, 2.05) is 0 Å². The van der Waals surface area contributed by atoms with E-state index in [1.165, 1.54) is 31.4 Å². The number of methoxy groups -OCH3 is 1. The molecule has 0 saturated carbocycles. The Labute approximate surface area is 115 Å². The summed E-state index contributed by atoms with van der Waals surface area (Å²) in [5.74, 6) is 1.12. The predicted octanol–water partition coefficient (Wildman–Crippen LogP) is 2.89. The first-order chi connectivity index (χ1) is 9.58. The molecule has 0 heterocycles. The molecule has 104 valence electrons. The van der Waals surface area contributed by atoms with Gasteiger partial charge >= 0.3 is 0 Å². The maximum absolute atomic E-state index is 10.8. The first-order valence-corrected chi connectivity index (χ1v) is 5.82. The van der Waals surface area contributed by atoms with Crippen molar-refractivity contribution >= 4 is 5.69 Å². The van der Waals surface area contributed by atoms with Gasteiger partial charge in [-0.25, -0.2) is 0 Å². The molecule has 0 atom stereocenters. The molecule has 0 saturated heterocycles. The molecule has 0 spiro atoms. The Bertz CT molecular complexity index is 609. The van der Waals surface area contributed by atoms with Gasteiger partial charge in [0.25, 0.3) is 5.69 Å². The maximum Gasteiger partial charge on any atom is 0.273 e. The highest BCUT2D eigenvalue weighted by molar-refractivity contribution is 5.42. The van der Waals surface area contributed by atoms with Crippen LogP contribution in [0.4, 0.5) is 5.69 Å². The van der Waals surface area contributed by atoms with E-state index in [9.17, 15) is 10.1 Å². The summed E-state index contributed by atoms with van der Waals surface area (Å²) in [6.07, 6.45) is 0. The van der Waals surface area contributed by atoms with Gasteiger partial charge < -0.3 is 14.6 Å². The van der Waals surface area contributed by atoms with Crippen LogP contribution in [0.5, 0.6) is 17.2 Å². The van der Waals surface area contributed by atoms with Crippen molar-refractivity contribution < 1.29 is 19.5 Å². The summed E-state index contributed by atoms with van der Waals surface area (Å²) in [5, 5.41) is 20.0. The molecule has 0 unspecified atom stereocenters. The van der Waals surface area contributed by atoms with E-state index in [4.69, 9.17) is 14.6 Å². The second kappa shape index (κ2) is 5.92. The summed E-state index contributed by atoms with van der Waals surface area (Å²) in [5.41, 5.74) is 0.581. The van der Waals surface area contributed by atoms with Crippen molar-refractivity contribution in [2.45, 2.75) is 6.61 Å². The van der Waals surface area contributed by atoms with Crippen LogP contribution in [0.2, 0.25) is 0 Å². The smallest absolute Gasteiger partial charge is 0.273 e. The number of nitro benzene ring substituents is 1. The summed E-state index contributed by atoms with van der Waals surface area (Å²) in [7, 11) is 1.45. The fourth-order valence-corrected chi connectivity index (χ4v) is 1.66. The van der Waals surface area contributed by atoms with Crippen molar-refractivity contribution in [3.8, 4) is 17.2 Å². The van der Waals surface area contributed by atoms with Gasteiger partial charge in [0, 0.05) is 6.07 Å². The molecule has 6 heteroatoms. The first-order valence-electron chi connectivity index (χ1n) is 5.82. The summed E-state index contributed by atoms with van der Waals surface area (Å²) in [6, 6.07) is 10.7. The summed E-state index contributed by atoms with van der Waals surface area (Å²) in [6.45, 7) is 0.169. The molecular formula is C14H13NO5. The molecule has 0 bridgehead atoms. The number of phenols is 1. The Hall–Kier alpha value is -2.76. The highest BCUT2D eigenvalue weighted by atomic mass is 16.6. The topological polar surface area (TPSA) is 81.8 Å². The van der Waals surface area contributed by atoms with Gasteiger partial charge in [-0.15, -0.1) is 0 Å². The van der Waals surface area contributed by atoms with Crippen molar-refractivity contribution in [2.75, 3.05) is 7.11 Å². The number of nitrogens with zero attached hydrogens (tertiary/aromatic N) is 1. The molecule has 6 nitrogen and oxygen atoms in total. The Morgan fingerprint density at radius 3 is 2.45 bits per heavy atom. The van der Waals surface area contributed by atoms with E-state index in [2.05, 4.69) is 0 Å². The third-order valence-electron chi connectivity index (χ3n) is 2.64.